The molecule has 0 aliphatic heterocycles. The van der Waals surface area contributed by atoms with Crippen LogP contribution in [0.2, 0.25) is 18.1 Å². The molecule has 0 aliphatic rings. The smallest absolute Gasteiger partial charge is 0.310 e. The summed E-state index contributed by atoms with van der Waals surface area (Å²) >= 11 is 0. The topological polar surface area (TPSA) is 35.5 Å². The first kappa shape index (κ1) is 16.8. The Balaban J connectivity index is 3.26. The molecule has 0 saturated heterocycles. The predicted octanol–water partition coefficient (Wildman–Crippen LogP) is 4.00. The predicted molar refractivity (Wildman–Crippen MR) is 84.9 cm³/mol. The fourth-order valence-corrected chi connectivity index (χ4v) is 7.26. The van der Waals surface area contributed by atoms with Gasteiger partial charge in [-0.15, -0.1) is 0 Å². The number of rotatable bonds is 7. The maximum Gasteiger partial charge on any atom is 0.310 e. The van der Waals surface area contributed by atoms with Crippen LogP contribution in [0.25, 0.3) is 0 Å². The van der Waals surface area contributed by atoms with Crippen molar-refractivity contribution < 1.29 is 14.3 Å². The third-order valence-corrected chi connectivity index (χ3v) is 10.6. The van der Waals surface area contributed by atoms with Crippen LogP contribution in [-0.4, -0.2) is 28.3 Å². The Morgan fingerprint density at radius 3 is 1.90 bits per heavy atom. The van der Waals surface area contributed by atoms with Crippen LogP contribution in [-0.2, 0) is 9.53 Å². The fourth-order valence-electron chi connectivity index (χ4n) is 3.02. The molecule has 1 rings (SSSR count). The van der Waals surface area contributed by atoms with Gasteiger partial charge in [-0.3, -0.25) is 4.79 Å². The molecule has 1 unspecified atom stereocenters. The summed E-state index contributed by atoms with van der Waals surface area (Å²) in [6.45, 7) is 6.62. The minimum atomic E-state index is -1.71. The zero-order valence-electron chi connectivity index (χ0n) is 13.2. The van der Waals surface area contributed by atoms with Crippen LogP contribution in [0.5, 0.6) is 5.75 Å². The third-order valence-electron chi connectivity index (χ3n) is 4.61. The zero-order valence-corrected chi connectivity index (χ0v) is 14.2. The van der Waals surface area contributed by atoms with E-state index in [9.17, 15) is 4.79 Å². The molecule has 0 amide bonds. The fraction of sp³-hybridized carbons (Fsp3) is 0.562. The molecule has 1 aromatic rings. The van der Waals surface area contributed by atoms with Gasteiger partial charge in [0.1, 0.15) is 5.75 Å². The second-order valence-corrected chi connectivity index (χ2v) is 10.6. The summed E-state index contributed by atoms with van der Waals surface area (Å²) < 4.78 is 10.3. The largest absolute Gasteiger partial charge is 0.497 e. The van der Waals surface area contributed by atoms with Crippen molar-refractivity contribution in [3.63, 3.8) is 0 Å². The SMILES string of the molecule is CC[Si](CC)(CC)C(C(=O)OC)c1ccc(OC)cc1. The number of hydrogen-bond acceptors (Lipinski definition) is 3. The number of benzene rings is 1. The second-order valence-electron chi connectivity index (χ2n) is 5.15. The number of carbonyl (C=O) groups excluding carboxylic acids is 1. The lowest BCUT2D eigenvalue weighted by atomic mass is 10.1. The summed E-state index contributed by atoms with van der Waals surface area (Å²) in [4.78, 5) is 12.4. The van der Waals surface area contributed by atoms with Gasteiger partial charge in [0, 0.05) is 0 Å². The van der Waals surface area contributed by atoms with Gasteiger partial charge in [0.05, 0.1) is 27.8 Å². The number of ether oxygens (including phenoxy) is 2. The quantitative estimate of drug-likeness (QED) is 0.563. The van der Waals surface area contributed by atoms with Gasteiger partial charge >= 0.3 is 5.97 Å². The maximum absolute atomic E-state index is 12.4. The van der Waals surface area contributed by atoms with E-state index in [-0.39, 0.29) is 11.5 Å². The summed E-state index contributed by atoms with van der Waals surface area (Å²) in [5.74, 6) is 0.724. The van der Waals surface area contributed by atoms with Crippen LogP contribution < -0.4 is 4.74 Å². The standard InChI is InChI=1S/C16H26O3Si/c1-6-20(7-2,8-3)15(16(17)19-5)13-9-11-14(18-4)12-10-13/h9-12,15H,6-8H2,1-5H3. The minimum Gasteiger partial charge on any atom is -0.497 e. The van der Waals surface area contributed by atoms with Crippen LogP contribution in [0.1, 0.15) is 31.9 Å². The lowest BCUT2D eigenvalue weighted by Crippen LogP contribution is -2.44. The van der Waals surface area contributed by atoms with Gasteiger partial charge in [0.25, 0.3) is 0 Å². The van der Waals surface area contributed by atoms with Gasteiger partial charge in [-0.2, -0.15) is 0 Å². The Morgan fingerprint density at radius 2 is 1.55 bits per heavy atom. The van der Waals surface area contributed by atoms with Gasteiger partial charge in [-0.05, 0) is 17.7 Å². The van der Waals surface area contributed by atoms with E-state index in [0.717, 1.165) is 29.4 Å². The second kappa shape index (κ2) is 7.48. The van der Waals surface area contributed by atoms with E-state index in [1.54, 1.807) is 7.11 Å². The van der Waals surface area contributed by atoms with Crippen molar-refractivity contribution in [1.82, 2.24) is 0 Å². The van der Waals surface area contributed by atoms with Gasteiger partial charge in [-0.25, -0.2) is 0 Å². The van der Waals surface area contributed by atoms with Crippen LogP contribution in [0, 0.1) is 0 Å². The summed E-state index contributed by atoms with van der Waals surface area (Å²) in [5.41, 5.74) is 0.980. The van der Waals surface area contributed by atoms with Crippen molar-refractivity contribution in [1.29, 1.82) is 0 Å². The van der Waals surface area contributed by atoms with E-state index in [2.05, 4.69) is 20.8 Å². The van der Waals surface area contributed by atoms with Crippen molar-refractivity contribution in [3.05, 3.63) is 29.8 Å². The van der Waals surface area contributed by atoms with Crippen molar-refractivity contribution in [2.75, 3.05) is 14.2 Å². The van der Waals surface area contributed by atoms with Crippen molar-refractivity contribution in [3.8, 4) is 5.75 Å². The van der Waals surface area contributed by atoms with Gasteiger partial charge in [-0.1, -0.05) is 51.0 Å². The lowest BCUT2D eigenvalue weighted by molar-refractivity contribution is -0.140. The molecular weight excluding hydrogens is 268 g/mol. The average Bonchev–Trinajstić information content (AvgIpc) is 2.52. The molecule has 1 atom stereocenters. The molecule has 0 radical (unpaired) electrons. The number of methoxy groups -OCH3 is 2. The molecule has 0 aliphatic carbocycles. The molecule has 0 aromatic heterocycles. The molecule has 0 heterocycles. The summed E-state index contributed by atoms with van der Waals surface area (Å²) in [7, 11) is 1.42. The Bertz CT molecular complexity index is 416. The molecule has 0 N–H and O–H groups in total. The lowest BCUT2D eigenvalue weighted by Gasteiger charge is -2.35. The summed E-state index contributed by atoms with van der Waals surface area (Å²) in [6, 6.07) is 11.1. The first-order valence-electron chi connectivity index (χ1n) is 7.30. The van der Waals surface area contributed by atoms with E-state index >= 15 is 0 Å². The molecule has 4 heteroatoms. The van der Waals surface area contributed by atoms with Crippen molar-refractivity contribution in [2.45, 2.75) is 44.4 Å². The van der Waals surface area contributed by atoms with Crippen LogP contribution in [0.3, 0.4) is 0 Å². The van der Waals surface area contributed by atoms with E-state index in [0.29, 0.717) is 0 Å². The highest BCUT2D eigenvalue weighted by Crippen LogP contribution is 2.37. The molecule has 1 aromatic carbocycles. The Hall–Kier alpha value is -1.29. The first-order valence-corrected chi connectivity index (χ1v) is 10.00. The van der Waals surface area contributed by atoms with E-state index in [1.165, 1.54) is 7.11 Å². The van der Waals surface area contributed by atoms with Crippen molar-refractivity contribution in [2.24, 2.45) is 0 Å². The Morgan fingerprint density at radius 1 is 1.05 bits per heavy atom. The molecular formula is C16H26O3Si. The van der Waals surface area contributed by atoms with Crippen LogP contribution in [0.4, 0.5) is 0 Å². The highest BCUT2D eigenvalue weighted by Gasteiger charge is 2.42. The molecule has 0 bridgehead atoms. The number of hydrogen-bond donors (Lipinski definition) is 0. The average molecular weight is 294 g/mol. The van der Waals surface area contributed by atoms with Gasteiger partial charge in [0.15, 0.2) is 0 Å². The Kier molecular flexibility index (Phi) is 6.27. The summed E-state index contributed by atoms with van der Waals surface area (Å²) in [6.07, 6.45) is 0. The Labute approximate surface area is 123 Å². The minimum absolute atomic E-state index is 0.0848. The highest BCUT2D eigenvalue weighted by atomic mass is 28.3. The van der Waals surface area contributed by atoms with E-state index in [1.807, 2.05) is 24.3 Å². The molecule has 0 fully saturated rings. The molecule has 0 spiro atoms. The van der Waals surface area contributed by atoms with Crippen LogP contribution in [0.15, 0.2) is 24.3 Å². The molecule has 112 valence electrons. The summed E-state index contributed by atoms with van der Waals surface area (Å²) in [5, 5.41) is 0. The van der Waals surface area contributed by atoms with Gasteiger partial charge < -0.3 is 9.47 Å². The zero-order chi connectivity index (χ0) is 15.2. The normalized spacial score (nSPS) is 12.8. The van der Waals surface area contributed by atoms with Gasteiger partial charge in [0.2, 0.25) is 0 Å². The molecule has 3 nitrogen and oxygen atoms in total. The van der Waals surface area contributed by atoms with E-state index < -0.39 is 8.07 Å². The van der Waals surface area contributed by atoms with Crippen LogP contribution >= 0.6 is 0 Å². The number of esters is 1. The first-order chi connectivity index (χ1) is 9.58. The highest BCUT2D eigenvalue weighted by molar-refractivity contribution is 6.83. The van der Waals surface area contributed by atoms with E-state index in [4.69, 9.17) is 9.47 Å². The molecule has 20 heavy (non-hydrogen) atoms. The monoisotopic (exact) mass is 294 g/mol. The maximum atomic E-state index is 12.4. The van der Waals surface area contributed by atoms with Crippen molar-refractivity contribution >= 4 is 14.0 Å². The number of carbonyl (C=O) groups is 1. The third kappa shape index (κ3) is 3.23. The molecule has 0 saturated carbocycles.